The Bertz CT molecular complexity index is 106. The smallest absolute Gasteiger partial charge is 0.0556 e. The van der Waals surface area contributed by atoms with Gasteiger partial charge in [0.2, 0.25) is 0 Å². The van der Waals surface area contributed by atoms with Crippen LogP contribution in [0.25, 0.3) is 0 Å². The van der Waals surface area contributed by atoms with Crippen LogP contribution < -0.4 is 5.32 Å². The summed E-state index contributed by atoms with van der Waals surface area (Å²) in [7, 11) is 0. The van der Waals surface area contributed by atoms with Gasteiger partial charge >= 0.3 is 0 Å². The fourth-order valence-electron chi connectivity index (χ4n) is 1.87. The number of aliphatic hydroxyl groups is 1. The lowest BCUT2D eigenvalue weighted by atomic mass is 9.86. The molecule has 2 unspecified atom stereocenters. The van der Waals surface area contributed by atoms with Crippen LogP contribution in [-0.4, -0.2) is 24.3 Å². The molecular weight excluding hydrogens is 138 g/mol. The number of rotatable bonds is 3. The Morgan fingerprint density at radius 2 is 2.09 bits per heavy atom. The van der Waals surface area contributed by atoms with Crippen molar-refractivity contribution in [2.24, 2.45) is 5.92 Å². The molecule has 0 saturated heterocycles. The molecule has 2 heteroatoms. The van der Waals surface area contributed by atoms with Crippen molar-refractivity contribution in [1.82, 2.24) is 5.32 Å². The van der Waals surface area contributed by atoms with Crippen LogP contribution in [0.1, 0.15) is 32.6 Å². The lowest BCUT2D eigenvalue weighted by Gasteiger charge is -2.29. The maximum absolute atomic E-state index is 8.62. The van der Waals surface area contributed by atoms with Crippen molar-refractivity contribution in [2.45, 2.75) is 38.6 Å². The van der Waals surface area contributed by atoms with Crippen LogP contribution in [0.2, 0.25) is 0 Å². The number of hydrogen-bond donors (Lipinski definition) is 2. The van der Waals surface area contributed by atoms with Crippen LogP contribution in [0.4, 0.5) is 0 Å². The molecular formula is C9H19NO. The van der Waals surface area contributed by atoms with E-state index in [9.17, 15) is 0 Å². The SMILES string of the molecule is CC1CCCCC1NCCO. The third-order valence-electron chi connectivity index (χ3n) is 2.63. The van der Waals surface area contributed by atoms with E-state index < -0.39 is 0 Å². The molecule has 0 heterocycles. The number of hydrogen-bond acceptors (Lipinski definition) is 2. The second kappa shape index (κ2) is 4.73. The molecule has 0 aliphatic heterocycles. The Hall–Kier alpha value is -0.0800. The number of nitrogens with one attached hydrogen (secondary N) is 1. The van der Waals surface area contributed by atoms with Crippen LogP contribution in [0.5, 0.6) is 0 Å². The van der Waals surface area contributed by atoms with E-state index in [1.54, 1.807) is 0 Å². The minimum atomic E-state index is 0.267. The van der Waals surface area contributed by atoms with Gasteiger partial charge in [0, 0.05) is 12.6 Å². The molecule has 1 aliphatic rings. The topological polar surface area (TPSA) is 32.3 Å². The summed E-state index contributed by atoms with van der Waals surface area (Å²) < 4.78 is 0. The van der Waals surface area contributed by atoms with E-state index in [1.807, 2.05) is 0 Å². The third-order valence-corrected chi connectivity index (χ3v) is 2.63. The molecule has 0 aromatic carbocycles. The lowest BCUT2D eigenvalue weighted by molar-refractivity contribution is 0.241. The molecule has 0 bridgehead atoms. The molecule has 1 rings (SSSR count). The summed E-state index contributed by atoms with van der Waals surface area (Å²) in [5.74, 6) is 0.801. The van der Waals surface area contributed by atoms with Crippen molar-refractivity contribution in [3.63, 3.8) is 0 Å². The van der Waals surface area contributed by atoms with E-state index in [1.165, 1.54) is 25.7 Å². The van der Waals surface area contributed by atoms with Crippen molar-refractivity contribution < 1.29 is 5.11 Å². The minimum absolute atomic E-state index is 0.267. The molecule has 1 fully saturated rings. The lowest BCUT2D eigenvalue weighted by Crippen LogP contribution is -2.38. The van der Waals surface area contributed by atoms with E-state index >= 15 is 0 Å². The summed E-state index contributed by atoms with van der Waals surface area (Å²) in [5, 5.41) is 12.0. The average molecular weight is 157 g/mol. The van der Waals surface area contributed by atoms with Gasteiger partial charge in [-0.25, -0.2) is 0 Å². The van der Waals surface area contributed by atoms with Gasteiger partial charge in [-0.15, -0.1) is 0 Å². The van der Waals surface area contributed by atoms with Crippen molar-refractivity contribution in [1.29, 1.82) is 0 Å². The van der Waals surface area contributed by atoms with Crippen LogP contribution in [0.3, 0.4) is 0 Å². The van der Waals surface area contributed by atoms with Gasteiger partial charge in [-0.1, -0.05) is 19.8 Å². The average Bonchev–Trinajstić information content (AvgIpc) is 2.03. The highest BCUT2D eigenvalue weighted by atomic mass is 16.3. The van der Waals surface area contributed by atoms with Gasteiger partial charge in [-0.2, -0.15) is 0 Å². The van der Waals surface area contributed by atoms with Gasteiger partial charge in [-0.05, 0) is 18.8 Å². The molecule has 0 amide bonds. The highest BCUT2D eigenvalue weighted by Crippen LogP contribution is 2.23. The Balaban J connectivity index is 2.18. The van der Waals surface area contributed by atoms with E-state index in [4.69, 9.17) is 5.11 Å². The Morgan fingerprint density at radius 1 is 1.36 bits per heavy atom. The molecule has 0 radical (unpaired) electrons. The normalized spacial score (nSPS) is 32.2. The van der Waals surface area contributed by atoms with Crippen LogP contribution in [0.15, 0.2) is 0 Å². The monoisotopic (exact) mass is 157 g/mol. The standard InChI is InChI=1S/C9H19NO/c1-8-4-2-3-5-9(8)10-6-7-11/h8-11H,2-7H2,1H3. The highest BCUT2D eigenvalue weighted by molar-refractivity contribution is 4.77. The first-order valence-electron chi connectivity index (χ1n) is 4.69. The fourth-order valence-corrected chi connectivity index (χ4v) is 1.87. The predicted molar refractivity (Wildman–Crippen MR) is 46.5 cm³/mol. The summed E-state index contributed by atoms with van der Waals surface area (Å²) in [6.45, 7) is 3.33. The predicted octanol–water partition coefficient (Wildman–Crippen LogP) is 1.15. The molecule has 0 spiro atoms. The van der Waals surface area contributed by atoms with Gasteiger partial charge in [0.15, 0.2) is 0 Å². The van der Waals surface area contributed by atoms with E-state index in [0.29, 0.717) is 6.04 Å². The van der Waals surface area contributed by atoms with Crippen LogP contribution in [0, 0.1) is 5.92 Å². The zero-order chi connectivity index (χ0) is 8.10. The van der Waals surface area contributed by atoms with Crippen LogP contribution >= 0.6 is 0 Å². The first-order chi connectivity index (χ1) is 5.34. The van der Waals surface area contributed by atoms with E-state index in [0.717, 1.165) is 12.5 Å². The van der Waals surface area contributed by atoms with E-state index in [2.05, 4.69) is 12.2 Å². The third kappa shape index (κ3) is 2.80. The van der Waals surface area contributed by atoms with Crippen molar-refractivity contribution in [3.8, 4) is 0 Å². The second-order valence-electron chi connectivity index (χ2n) is 3.55. The summed E-state index contributed by atoms with van der Waals surface area (Å²) in [6, 6.07) is 0.663. The fraction of sp³-hybridized carbons (Fsp3) is 1.00. The molecule has 2 atom stereocenters. The van der Waals surface area contributed by atoms with Crippen molar-refractivity contribution >= 4 is 0 Å². The van der Waals surface area contributed by atoms with Gasteiger partial charge in [-0.3, -0.25) is 0 Å². The van der Waals surface area contributed by atoms with Crippen LogP contribution in [-0.2, 0) is 0 Å². The van der Waals surface area contributed by atoms with Gasteiger partial charge < -0.3 is 10.4 Å². The summed E-state index contributed by atoms with van der Waals surface area (Å²) >= 11 is 0. The first kappa shape index (κ1) is 9.01. The first-order valence-corrected chi connectivity index (χ1v) is 4.69. The molecule has 2 N–H and O–H groups in total. The summed E-state index contributed by atoms with van der Waals surface area (Å²) in [5.41, 5.74) is 0. The molecule has 1 aliphatic carbocycles. The molecule has 0 aromatic rings. The van der Waals surface area contributed by atoms with Crippen molar-refractivity contribution in [3.05, 3.63) is 0 Å². The van der Waals surface area contributed by atoms with Gasteiger partial charge in [0.25, 0.3) is 0 Å². The van der Waals surface area contributed by atoms with E-state index in [-0.39, 0.29) is 6.61 Å². The molecule has 11 heavy (non-hydrogen) atoms. The second-order valence-corrected chi connectivity index (χ2v) is 3.55. The Labute approximate surface area is 69.0 Å². The quantitative estimate of drug-likeness (QED) is 0.644. The Kier molecular flexibility index (Phi) is 3.87. The number of aliphatic hydroxyl groups excluding tert-OH is 1. The maximum Gasteiger partial charge on any atom is 0.0556 e. The summed E-state index contributed by atoms with van der Waals surface area (Å²) in [6.07, 6.45) is 5.39. The molecule has 2 nitrogen and oxygen atoms in total. The summed E-state index contributed by atoms with van der Waals surface area (Å²) in [4.78, 5) is 0. The Morgan fingerprint density at radius 3 is 2.73 bits per heavy atom. The van der Waals surface area contributed by atoms with Crippen molar-refractivity contribution in [2.75, 3.05) is 13.2 Å². The van der Waals surface area contributed by atoms with Gasteiger partial charge in [0.05, 0.1) is 6.61 Å². The molecule has 1 saturated carbocycles. The minimum Gasteiger partial charge on any atom is -0.395 e. The maximum atomic E-state index is 8.62. The zero-order valence-corrected chi connectivity index (χ0v) is 7.34. The van der Waals surface area contributed by atoms with Gasteiger partial charge in [0.1, 0.15) is 0 Å². The molecule has 0 aromatic heterocycles. The zero-order valence-electron chi connectivity index (χ0n) is 7.34. The highest BCUT2D eigenvalue weighted by Gasteiger charge is 2.19. The molecule has 66 valence electrons. The largest absolute Gasteiger partial charge is 0.395 e.